The van der Waals surface area contributed by atoms with Crippen LogP contribution in [0.3, 0.4) is 0 Å². The summed E-state index contributed by atoms with van der Waals surface area (Å²) >= 11 is 0. The van der Waals surface area contributed by atoms with Gasteiger partial charge >= 0.3 is 0 Å². The molecule has 2 N–H and O–H groups in total. The van der Waals surface area contributed by atoms with E-state index in [9.17, 15) is 4.79 Å². The number of aliphatic hydroxyl groups excluding tert-OH is 1. The van der Waals surface area contributed by atoms with Crippen LogP contribution in [-0.4, -0.2) is 57.0 Å². The minimum atomic E-state index is -0.0371. The van der Waals surface area contributed by atoms with Gasteiger partial charge in [0.2, 0.25) is 0 Å². The number of hydrogen-bond acceptors (Lipinski definition) is 6. The smallest absolute Gasteiger partial charge is 0.251 e. The van der Waals surface area contributed by atoms with E-state index in [2.05, 4.69) is 20.4 Å². The third-order valence-electron chi connectivity index (χ3n) is 5.89. The Labute approximate surface area is 182 Å². The second kappa shape index (κ2) is 9.70. The molecule has 1 aliphatic carbocycles. The maximum Gasteiger partial charge on any atom is 0.251 e. The Bertz CT molecular complexity index is 981. The molecular formula is C23H28N6O2. The van der Waals surface area contributed by atoms with E-state index < -0.39 is 0 Å². The fourth-order valence-electron chi connectivity index (χ4n) is 4.03. The number of anilines is 1. The standard InChI is InChI=1S/C23H28N6O2/c1-28(12-13-30)20-6-2-17(3-7-20)23(31)27-19-4-8-21(9-5-19)29-15-18(14-26-29)22-10-11-24-16-25-22/h2-3,6-7,10-11,14-16,19,21,30H,4-5,8-9,12-13H2,1H3,(H,27,31). The average molecular weight is 421 g/mol. The number of benzene rings is 1. The SMILES string of the molecule is CN(CCO)c1ccc(C(=O)NC2CCC(n3cc(-c4ccncn4)cn3)CC2)cc1. The summed E-state index contributed by atoms with van der Waals surface area (Å²) in [5, 5.41) is 16.8. The number of hydrogen-bond donors (Lipinski definition) is 2. The first-order valence-corrected chi connectivity index (χ1v) is 10.7. The zero-order chi connectivity index (χ0) is 21.6. The van der Waals surface area contributed by atoms with Crippen molar-refractivity contribution in [3.8, 4) is 11.3 Å². The zero-order valence-corrected chi connectivity index (χ0v) is 17.7. The molecular weight excluding hydrogens is 392 g/mol. The fourth-order valence-corrected chi connectivity index (χ4v) is 4.03. The van der Waals surface area contributed by atoms with Crippen LogP contribution < -0.4 is 10.2 Å². The summed E-state index contributed by atoms with van der Waals surface area (Å²) in [5.41, 5.74) is 3.50. The van der Waals surface area contributed by atoms with E-state index in [1.165, 1.54) is 0 Å². The fraction of sp³-hybridized carbons (Fsp3) is 0.391. The van der Waals surface area contributed by atoms with Gasteiger partial charge in [-0.25, -0.2) is 9.97 Å². The summed E-state index contributed by atoms with van der Waals surface area (Å²) in [5.74, 6) is -0.0371. The topological polar surface area (TPSA) is 96.2 Å². The van der Waals surface area contributed by atoms with Crippen molar-refractivity contribution >= 4 is 11.6 Å². The normalized spacial score (nSPS) is 18.5. The van der Waals surface area contributed by atoms with Crippen LogP contribution in [0.1, 0.15) is 42.1 Å². The maximum absolute atomic E-state index is 12.6. The summed E-state index contributed by atoms with van der Waals surface area (Å²) in [6.45, 7) is 0.660. The Morgan fingerprint density at radius 1 is 1.19 bits per heavy atom. The summed E-state index contributed by atoms with van der Waals surface area (Å²) in [7, 11) is 1.92. The molecule has 1 aliphatic rings. The molecule has 1 aromatic carbocycles. The lowest BCUT2D eigenvalue weighted by Gasteiger charge is -2.29. The van der Waals surface area contributed by atoms with Crippen molar-refractivity contribution in [1.82, 2.24) is 25.1 Å². The van der Waals surface area contributed by atoms with Crippen LogP contribution in [0.25, 0.3) is 11.3 Å². The van der Waals surface area contributed by atoms with Gasteiger partial charge in [-0.15, -0.1) is 0 Å². The first-order chi connectivity index (χ1) is 15.1. The van der Waals surface area contributed by atoms with Gasteiger partial charge < -0.3 is 15.3 Å². The number of aliphatic hydroxyl groups is 1. The quantitative estimate of drug-likeness (QED) is 0.610. The molecule has 0 bridgehead atoms. The molecule has 3 aromatic rings. The number of likely N-dealkylation sites (N-methyl/N-ethyl adjacent to an activating group) is 1. The van der Waals surface area contributed by atoms with Crippen molar-refractivity contribution in [2.45, 2.75) is 37.8 Å². The Morgan fingerprint density at radius 3 is 2.65 bits per heavy atom. The van der Waals surface area contributed by atoms with Gasteiger partial charge in [0.1, 0.15) is 6.33 Å². The Hall–Kier alpha value is -3.26. The highest BCUT2D eigenvalue weighted by molar-refractivity contribution is 5.94. The molecule has 4 rings (SSSR count). The van der Waals surface area contributed by atoms with Crippen molar-refractivity contribution in [3.05, 3.63) is 60.8 Å². The highest BCUT2D eigenvalue weighted by Crippen LogP contribution is 2.29. The van der Waals surface area contributed by atoms with Crippen LogP contribution in [0.4, 0.5) is 5.69 Å². The van der Waals surface area contributed by atoms with E-state index in [1.807, 2.05) is 59.4 Å². The van der Waals surface area contributed by atoms with E-state index in [4.69, 9.17) is 5.11 Å². The summed E-state index contributed by atoms with van der Waals surface area (Å²) < 4.78 is 2.02. The molecule has 2 aromatic heterocycles. The maximum atomic E-state index is 12.6. The zero-order valence-electron chi connectivity index (χ0n) is 17.7. The monoisotopic (exact) mass is 420 g/mol. The molecule has 0 spiro atoms. The molecule has 8 nitrogen and oxygen atoms in total. The Balaban J connectivity index is 1.29. The highest BCUT2D eigenvalue weighted by Gasteiger charge is 2.24. The summed E-state index contributed by atoms with van der Waals surface area (Å²) in [4.78, 5) is 22.8. The highest BCUT2D eigenvalue weighted by atomic mass is 16.3. The van der Waals surface area contributed by atoms with Crippen LogP contribution >= 0.6 is 0 Å². The van der Waals surface area contributed by atoms with Crippen molar-refractivity contribution in [2.75, 3.05) is 25.1 Å². The lowest BCUT2D eigenvalue weighted by atomic mass is 9.91. The molecule has 2 heterocycles. The molecule has 1 saturated carbocycles. The lowest BCUT2D eigenvalue weighted by molar-refractivity contribution is 0.0921. The van der Waals surface area contributed by atoms with Crippen LogP contribution in [0.5, 0.6) is 0 Å². The number of carbonyl (C=O) groups is 1. The molecule has 162 valence electrons. The minimum absolute atomic E-state index is 0.0371. The molecule has 31 heavy (non-hydrogen) atoms. The van der Waals surface area contributed by atoms with Gasteiger partial charge in [-0.2, -0.15) is 5.10 Å². The average Bonchev–Trinajstić information content (AvgIpc) is 3.31. The minimum Gasteiger partial charge on any atom is -0.395 e. The van der Waals surface area contributed by atoms with Crippen molar-refractivity contribution in [1.29, 1.82) is 0 Å². The van der Waals surface area contributed by atoms with Gasteiger partial charge in [-0.3, -0.25) is 9.48 Å². The van der Waals surface area contributed by atoms with E-state index in [1.54, 1.807) is 12.5 Å². The van der Waals surface area contributed by atoms with Gasteiger partial charge in [0.25, 0.3) is 5.91 Å². The van der Waals surface area contributed by atoms with Crippen LogP contribution in [0.2, 0.25) is 0 Å². The predicted octanol–water partition coefficient (Wildman–Crippen LogP) is 2.68. The van der Waals surface area contributed by atoms with Crippen LogP contribution in [0.15, 0.2) is 55.2 Å². The van der Waals surface area contributed by atoms with Gasteiger partial charge in [0.15, 0.2) is 0 Å². The molecule has 0 atom stereocenters. The second-order valence-electron chi connectivity index (χ2n) is 7.97. The molecule has 0 unspecified atom stereocenters. The van der Waals surface area contributed by atoms with Crippen LogP contribution in [0, 0.1) is 0 Å². The molecule has 0 aliphatic heterocycles. The van der Waals surface area contributed by atoms with E-state index in [0.717, 1.165) is 42.6 Å². The van der Waals surface area contributed by atoms with Gasteiger partial charge in [-0.1, -0.05) is 0 Å². The molecule has 1 amide bonds. The third-order valence-corrected chi connectivity index (χ3v) is 5.89. The van der Waals surface area contributed by atoms with Crippen LogP contribution in [-0.2, 0) is 0 Å². The Morgan fingerprint density at radius 2 is 1.97 bits per heavy atom. The summed E-state index contributed by atoms with van der Waals surface area (Å²) in [6, 6.07) is 9.89. The van der Waals surface area contributed by atoms with Gasteiger partial charge in [0, 0.05) is 48.8 Å². The molecule has 0 saturated heterocycles. The first-order valence-electron chi connectivity index (χ1n) is 10.7. The van der Waals surface area contributed by atoms with Crippen molar-refractivity contribution in [3.63, 3.8) is 0 Å². The number of nitrogens with one attached hydrogen (secondary N) is 1. The van der Waals surface area contributed by atoms with E-state index in [-0.39, 0.29) is 18.6 Å². The number of rotatable bonds is 7. The van der Waals surface area contributed by atoms with Crippen molar-refractivity contribution < 1.29 is 9.90 Å². The largest absolute Gasteiger partial charge is 0.395 e. The predicted molar refractivity (Wildman–Crippen MR) is 119 cm³/mol. The van der Waals surface area contributed by atoms with Crippen molar-refractivity contribution in [2.24, 2.45) is 0 Å². The van der Waals surface area contributed by atoms with Gasteiger partial charge in [-0.05, 0) is 56.0 Å². The van der Waals surface area contributed by atoms with E-state index >= 15 is 0 Å². The number of carbonyl (C=O) groups excluding carboxylic acids is 1. The number of amides is 1. The molecule has 0 radical (unpaired) electrons. The van der Waals surface area contributed by atoms with Gasteiger partial charge in [0.05, 0.1) is 24.5 Å². The lowest BCUT2D eigenvalue weighted by Crippen LogP contribution is -2.38. The number of nitrogens with zero attached hydrogens (tertiary/aromatic N) is 5. The number of aromatic nitrogens is 4. The summed E-state index contributed by atoms with van der Waals surface area (Å²) in [6.07, 6.45) is 11.0. The second-order valence-corrected chi connectivity index (χ2v) is 7.97. The molecule has 1 fully saturated rings. The molecule has 8 heteroatoms. The Kier molecular flexibility index (Phi) is 6.57. The van der Waals surface area contributed by atoms with E-state index in [0.29, 0.717) is 18.2 Å². The first kappa shape index (κ1) is 21.0. The third kappa shape index (κ3) is 5.08.